The van der Waals surface area contributed by atoms with E-state index in [0.29, 0.717) is 50.0 Å². The van der Waals surface area contributed by atoms with Crippen molar-refractivity contribution >= 4 is 6.29 Å². The molecule has 4 fully saturated rings. The first kappa shape index (κ1) is 18.9. The highest BCUT2D eigenvalue weighted by molar-refractivity contribution is 5.50. The van der Waals surface area contributed by atoms with Crippen molar-refractivity contribution in [3.8, 4) is 0 Å². The molecule has 0 aromatic carbocycles. The molecule has 1 unspecified atom stereocenters. The van der Waals surface area contributed by atoms with Crippen LogP contribution in [-0.2, 0) is 9.53 Å². The molecule has 1 N–H and O–H groups in total. The van der Waals surface area contributed by atoms with E-state index in [0.717, 1.165) is 38.4 Å². The van der Waals surface area contributed by atoms with E-state index in [4.69, 9.17) is 4.74 Å². The van der Waals surface area contributed by atoms with Gasteiger partial charge in [-0.3, -0.25) is 0 Å². The molecule has 4 aliphatic carbocycles. The monoisotopic (exact) mass is 366 g/mol. The van der Waals surface area contributed by atoms with Crippen LogP contribution in [0.2, 0.25) is 0 Å². The number of alkyl halides is 1. The predicted molar refractivity (Wildman–Crippen MR) is 98.5 cm³/mol. The molecule has 4 aliphatic rings. The number of aliphatic hydroxyl groups is 1. The second-order valence-corrected chi connectivity index (χ2v) is 10.2. The Bertz CT molecular complexity index is 554. The molecule has 0 radical (unpaired) electrons. The zero-order chi connectivity index (χ0) is 18.6. The van der Waals surface area contributed by atoms with Crippen molar-refractivity contribution in [1.82, 2.24) is 0 Å². The van der Waals surface area contributed by atoms with E-state index in [1.165, 1.54) is 6.42 Å². The second-order valence-electron chi connectivity index (χ2n) is 10.2. The SMILES string of the molecule is COC[C@@]1(O)CC[C@]2(F)C3CC[C@@]4(C)[C@H](CC=O)CC[C@H]4[C@@H]3CC[C@@H]2C1. The van der Waals surface area contributed by atoms with Gasteiger partial charge in [0.2, 0.25) is 0 Å². The third-order valence-corrected chi connectivity index (χ3v) is 9.17. The van der Waals surface area contributed by atoms with Crippen LogP contribution in [0.1, 0.15) is 71.1 Å². The Labute approximate surface area is 157 Å². The van der Waals surface area contributed by atoms with E-state index in [-0.39, 0.29) is 17.3 Å². The maximum Gasteiger partial charge on any atom is 0.120 e. The first-order valence-corrected chi connectivity index (χ1v) is 10.7. The summed E-state index contributed by atoms with van der Waals surface area (Å²) in [4.78, 5) is 11.1. The lowest BCUT2D eigenvalue weighted by Gasteiger charge is -2.59. The van der Waals surface area contributed by atoms with Gasteiger partial charge in [0, 0.05) is 13.5 Å². The number of hydrogen-bond donors (Lipinski definition) is 1. The smallest absolute Gasteiger partial charge is 0.120 e. The highest BCUT2D eigenvalue weighted by Crippen LogP contribution is 2.66. The van der Waals surface area contributed by atoms with Gasteiger partial charge in [-0.15, -0.1) is 0 Å². The summed E-state index contributed by atoms with van der Waals surface area (Å²) in [5, 5.41) is 10.8. The molecule has 148 valence electrons. The molecule has 0 aromatic heterocycles. The molecule has 0 aliphatic heterocycles. The van der Waals surface area contributed by atoms with Crippen molar-refractivity contribution in [2.45, 2.75) is 82.4 Å². The Morgan fingerprint density at radius 1 is 1.12 bits per heavy atom. The minimum Gasteiger partial charge on any atom is -0.387 e. The standard InChI is InChI=1S/C22H35FO3/c1-20-9-7-19-17(18(20)6-4-15(20)8-12-24)5-3-16-13-21(25,14-26-2)10-11-22(16,19)23/h12,15-19,25H,3-11,13-14H2,1-2H3/t15-,16+,17-,18-,19?,20-,21+,22+/m0/s1. The molecular formula is C22H35FO3. The molecule has 4 saturated carbocycles. The third kappa shape index (κ3) is 2.70. The lowest BCUT2D eigenvalue weighted by atomic mass is 9.48. The molecule has 0 aromatic rings. The van der Waals surface area contributed by atoms with E-state index >= 15 is 4.39 Å². The number of aldehydes is 1. The summed E-state index contributed by atoms with van der Waals surface area (Å²) in [5.41, 5.74) is -1.71. The van der Waals surface area contributed by atoms with Crippen molar-refractivity contribution in [2.75, 3.05) is 13.7 Å². The van der Waals surface area contributed by atoms with Crippen LogP contribution in [0, 0.1) is 35.0 Å². The van der Waals surface area contributed by atoms with Gasteiger partial charge in [0.15, 0.2) is 0 Å². The van der Waals surface area contributed by atoms with E-state index < -0.39 is 11.3 Å². The Balaban J connectivity index is 1.54. The number of carbonyl (C=O) groups excluding carboxylic acids is 1. The Hall–Kier alpha value is -0.480. The average Bonchev–Trinajstić information content (AvgIpc) is 2.93. The average molecular weight is 367 g/mol. The minimum absolute atomic E-state index is 0.0193. The number of carbonyl (C=O) groups is 1. The molecule has 3 nitrogen and oxygen atoms in total. The summed E-state index contributed by atoms with van der Waals surface area (Å²) < 4.78 is 21.6. The second kappa shape index (κ2) is 6.55. The molecule has 8 atom stereocenters. The number of ether oxygens (including phenoxy) is 1. The zero-order valence-electron chi connectivity index (χ0n) is 16.4. The van der Waals surface area contributed by atoms with E-state index in [1.54, 1.807) is 7.11 Å². The summed E-state index contributed by atoms with van der Waals surface area (Å²) in [6.07, 6.45) is 9.66. The summed E-state index contributed by atoms with van der Waals surface area (Å²) in [7, 11) is 1.62. The Kier molecular flexibility index (Phi) is 4.75. The van der Waals surface area contributed by atoms with Gasteiger partial charge in [-0.2, -0.15) is 0 Å². The quantitative estimate of drug-likeness (QED) is 0.754. The summed E-state index contributed by atoms with van der Waals surface area (Å²) in [6, 6.07) is 0. The number of halogens is 1. The summed E-state index contributed by atoms with van der Waals surface area (Å²) in [6.45, 7) is 2.70. The van der Waals surface area contributed by atoms with Crippen LogP contribution in [0.15, 0.2) is 0 Å². The van der Waals surface area contributed by atoms with Crippen molar-refractivity contribution in [3.05, 3.63) is 0 Å². The zero-order valence-corrected chi connectivity index (χ0v) is 16.4. The van der Waals surface area contributed by atoms with Crippen LogP contribution in [-0.4, -0.2) is 36.4 Å². The van der Waals surface area contributed by atoms with E-state index in [9.17, 15) is 9.90 Å². The number of fused-ring (bicyclic) bond motifs is 5. The lowest BCUT2D eigenvalue weighted by Crippen LogP contribution is -2.59. The van der Waals surface area contributed by atoms with E-state index in [1.807, 2.05) is 0 Å². The van der Waals surface area contributed by atoms with Crippen LogP contribution in [0.4, 0.5) is 4.39 Å². The molecule has 0 saturated heterocycles. The summed E-state index contributed by atoms with van der Waals surface area (Å²) >= 11 is 0. The van der Waals surface area contributed by atoms with E-state index in [2.05, 4.69) is 6.92 Å². The molecule has 26 heavy (non-hydrogen) atoms. The summed E-state index contributed by atoms with van der Waals surface area (Å²) in [5.74, 6) is 1.69. The predicted octanol–water partition coefficient (Wildman–Crippen LogP) is 4.31. The van der Waals surface area contributed by atoms with Crippen molar-refractivity contribution in [2.24, 2.45) is 35.0 Å². The van der Waals surface area contributed by atoms with Gasteiger partial charge in [-0.25, -0.2) is 4.39 Å². The fourth-order valence-corrected chi connectivity index (χ4v) is 7.88. The van der Waals surface area contributed by atoms with Crippen LogP contribution >= 0.6 is 0 Å². The number of methoxy groups -OCH3 is 1. The fourth-order valence-electron chi connectivity index (χ4n) is 7.88. The Morgan fingerprint density at radius 3 is 2.65 bits per heavy atom. The topological polar surface area (TPSA) is 46.5 Å². The molecule has 0 amide bonds. The van der Waals surface area contributed by atoms with Crippen molar-refractivity contribution < 1.29 is 19.0 Å². The fraction of sp³-hybridized carbons (Fsp3) is 0.955. The minimum atomic E-state index is -1.10. The van der Waals surface area contributed by atoms with Crippen LogP contribution in [0.25, 0.3) is 0 Å². The lowest BCUT2D eigenvalue weighted by molar-refractivity contribution is -0.177. The molecule has 0 heterocycles. The first-order valence-electron chi connectivity index (χ1n) is 10.7. The van der Waals surface area contributed by atoms with Crippen molar-refractivity contribution in [1.29, 1.82) is 0 Å². The third-order valence-electron chi connectivity index (χ3n) is 9.17. The number of hydrogen-bond acceptors (Lipinski definition) is 3. The van der Waals surface area contributed by atoms with Gasteiger partial charge in [0.1, 0.15) is 12.0 Å². The van der Waals surface area contributed by atoms with Crippen LogP contribution in [0.3, 0.4) is 0 Å². The number of rotatable bonds is 4. The molecular weight excluding hydrogens is 331 g/mol. The van der Waals surface area contributed by atoms with Crippen molar-refractivity contribution in [3.63, 3.8) is 0 Å². The van der Waals surface area contributed by atoms with Crippen LogP contribution in [0.5, 0.6) is 0 Å². The highest BCUT2D eigenvalue weighted by Gasteiger charge is 2.63. The highest BCUT2D eigenvalue weighted by atomic mass is 19.1. The molecule has 0 spiro atoms. The van der Waals surface area contributed by atoms with Gasteiger partial charge in [-0.05, 0) is 92.8 Å². The van der Waals surface area contributed by atoms with Gasteiger partial charge < -0.3 is 14.6 Å². The first-order chi connectivity index (χ1) is 12.4. The maximum absolute atomic E-state index is 16.4. The van der Waals surface area contributed by atoms with Gasteiger partial charge >= 0.3 is 0 Å². The normalized spacial score (nSPS) is 53.5. The van der Waals surface area contributed by atoms with Gasteiger partial charge in [-0.1, -0.05) is 6.92 Å². The molecule has 4 rings (SSSR count). The van der Waals surface area contributed by atoms with Crippen LogP contribution < -0.4 is 0 Å². The largest absolute Gasteiger partial charge is 0.387 e. The maximum atomic E-state index is 16.4. The Morgan fingerprint density at radius 2 is 1.92 bits per heavy atom. The van der Waals surface area contributed by atoms with Gasteiger partial charge in [0.25, 0.3) is 0 Å². The molecule has 0 bridgehead atoms. The molecule has 4 heteroatoms. The van der Waals surface area contributed by atoms with Gasteiger partial charge in [0.05, 0.1) is 12.2 Å².